The van der Waals surface area contributed by atoms with Crippen molar-refractivity contribution in [1.29, 1.82) is 0 Å². The number of phosphoric acid groups is 1. The summed E-state index contributed by atoms with van der Waals surface area (Å²) in [5.41, 5.74) is 5.88. The van der Waals surface area contributed by atoms with E-state index in [4.69, 9.17) is 29.0 Å². The number of rotatable bonds is 2. The largest absolute Gasteiger partial charge is 0.473 e. The number of ether oxygens (including phenoxy) is 3. The molecule has 3 fully saturated rings. The van der Waals surface area contributed by atoms with Crippen LogP contribution in [0.3, 0.4) is 0 Å². The number of phosphoric ester groups is 1. The molecule has 2 unspecified atom stereocenters. The first-order valence-electron chi connectivity index (χ1n) is 13.0. The highest BCUT2D eigenvalue weighted by atomic mass is 31.2. The van der Waals surface area contributed by atoms with Gasteiger partial charge in [-0.05, 0) is 0 Å². The predicted molar refractivity (Wildman–Crippen MR) is 137 cm³/mol. The Morgan fingerprint density at radius 3 is 2.53 bits per heavy atom. The number of hydrogen-bond acceptors (Lipinski definition) is 15. The third kappa shape index (κ3) is 4.71. The molecule has 0 amide bonds. The van der Waals surface area contributed by atoms with Crippen molar-refractivity contribution in [2.45, 2.75) is 61.9 Å². The number of fused-ring (bicyclic) bond motifs is 5. The minimum absolute atomic E-state index is 0.0295. The molecule has 1 saturated carbocycles. The van der Waals surface area contributed by atoms with Crippen LogP contribution in [0.25, 0.3) is 22.3 Å². The first kappa shape index (κ1) is 28.3. The fourth-order valence-corrected chi connectivity index (χ4v) is 6.83. The van der Waals surface area contributed by atoms with E-state index in [1.54, 1.807) is 0 Å². The summed E-state index contributed by atoms with van der Waals surface area (Å²) >= 11 is 0. The fourth-order valence-electron chi connectivity index (χ4n) is 5.67. The molecular formula is C22H25FN9O10P. The topological polar surface area (TPSA) is 246 Å². The molecule has 21 heteroatoms. The van der Waals surface area contributed by atoms with Crippen molar-refractivity contribution in [3.05, 3.63) is 35.7 Å². The van der Waals surface area contributed by atoms with Gasteiger partial charge in [0.25, 0.3) is 12.0 Å². The van der Waals surface area contributed by atoms with Crippen molar-refractivity contribution < 1.29 is 47.3 Å². The van der Waals surface area contributed by atoms with Gasteiger partial charge in [0.1, 0.15) is 42.4 Å². The Morgan fingerprint density at radius 1 is 0.977 bits per heavy atom. The molecule has 0 radical (unpaired) electrons. The van der Waals surface area contributed by atoms with Crippen LogP contribution in [0.15, 0.2) is 30.1 Å². The number of anilines is 1. The van der Waals surface area contributed by atoms with Gasteiger partial charge in [0.2, 0.25) is 0 Å². The Hall–Kier alpha value is -3.46. The van der Waals surface area contributed by atoms with Gasteiger partial charge in [-0.15, -0.1) is 0 Å². The number of aliphatic hydroxyl groups is 2. The minimum atomic E-state index is -5.09. The standard InChI is InChI=1S/C22H25FN9O10P/c1-30-5-29-19-13(20(30)34)28-6-31(19)8-2-9-14(33)15(8)40-22(35)38-3-10-16(42-43(36,37)41-9)11(23)21(39-10)32-7-27-12-17(24)25-4-26-18(12)32/h4-11,14-16,21-22,33,35H,2-3H2,1H3,(H,36,37)(H2,24,25,26)/t8-,9+,10-,11-,14-,15+,16-,21-,22?/m1/s1. The van der Waals surface area contributed by atoms with Gasteiger partial charge in [-0.2, -0.15) is 0 Å². The lowest BCUT2D eigenvalue weighted by Gasteiger charge is -2.29. The molecule has 7 rings (SSSR count). The highest BCUT2D eigenvalue weighted by molar-refractivity contribution is 7.47. The van der Waals surface area contributed by atoms with Crippen LogP contribution < -0.4 is 11.3 Å². The molecule has 230 valence electrons. The molecule has 2 saturated heterocycles. The van der Waals surface area contributed by atoms with Crippen molar-refractivity contribution in [1.82, 2.24) is 38.6 Å². The van der Waals surface area contributed by atoms with Gasteiger partial charge in [0, 0.05) is 13.5 Å². The average molecular weight is 625 g/mol. The number of nitrogens with zero attached hydrogens (tertiary/aromatic N) is 8. The van der Waals surface area contributed by atoms with E-state index in [0.717, 1.165) is 6.33 Å². The molecule has 5 N–H and O–H groups in total. The van der Waals surface area contributed by atoms with Crippen molar-refractivity contribution >= 4 is 36.0 Å². The van der Waals surface area contributed by atoms with Crippen LogP contribution in [0.2, 0.25) is 0 Å². The second kappa shape index (κ2) is 10.3. The summed E-state index contributed by atoms with van der Waals surface area (Å²) in [5, 5.41) is 21.7. The van der Waals surface area contributed by atoms with E-state index < -0.39 is 75.4 Å². The summed E-state index contributed by atoms with van der Waals surface area (Å²) < 4.78 is 60.4. The first-order valence-corrected chi connectivity index (χ1v) is 14.5. The predicted octanol–water partition coefficient (Wildman–Crippen LogP) is -1.34. The second-order valence-corrected chi connectivity index (χ2v) is 11.7. The maximum absolute atomic E-state index is 15.9. The average Bonchev–Trinajstić information content (AvgIpc) is 3.72. The SMILES string of the molecule is Cn1cnc2c(ncn2[C@@H]2C[C@@H]3OP(=O)(O)O[C@H]4[C@@H](F)[C@H](n5cnc6c(N)ncnc65)O[C@@H]4COC(O)O[C@@H]2[C@@H]3O)c1=O. The van der Waals surface area contributed by atoms with Gasteiger partial charge >= 0.3 is 7.82 Å². The number of imidazole rings is 2. The van der Waals surface area contributed by atoms with Gasteiger partial charge in [0.15, 0.2) is 35.0 Å². The maximum Gasteiger partial charge on any atom is 0.473 e. The molecule has 19 nitrogen and oxygen atoms in total. The Labute approximate surface area is 239 Å². The molecule has 2 aliphatic heterocycles. The lowest BCUT2D eigenvalue weighted by atomic mass is 10.1. The summed E-state index contributed by atoms with van der Waals surface area (Å²) in [5.74, 6) is 0.0469. The third-order valence-electron chi connectivity index (χ3n) is 7.70. The number of nitrogens with two attached hydrogens (primary N) is 1. The highest BCUT2D eigenvalue weighted by Gasteiger charge is 2.54. The van der Waals surface area contributed by atoms with Crippen LogP contribution >= 0.6 is 7.82 Å². The molecule has 43 heavy (non-hydrogen) atoms. The molecule has 1 aliphatic carbocycles. The molecule has 4 aromatic heterocycles. The second-order valence-electron chi connectivity index (χ2n) is 10.3. The number of aromatic nitrogens is 8. The Morgan fingerprint density at radius 2 is 1.72 bits per heavy atom. The van der Waals surface area contributed by atoms with Gasteiger partial charge in [-0.1, -0.05) is 0 Å². The summed E-state index contributed by atoms with van der Waals surface area (Å²) in [7, 11) is -3.59. The smallest absolute Gasteiger partial charge is 0.388 e. The zero-order valence-corrected chi connectivity index (χ0v) is 23.0. The molecule has 0 spiro atoms. The third-order valence-corrected chi connectivity index (χ3v) is 8.75. The fraction of sp³-hybridized carbons (Fsp3) is 0.545. The number of hydrogen-bond donors (Lipinski definition) is 4. The van der Waals surface area contributed by atoms with E-state index in [2.05, 4.69) is 24.9 Å². The van der Waals surface area contributed by atoms with Gasteiger partial charge in [-0.25, -0.2) is 33.9 Å². The Bertz CT molecular complexity index is 1800. The lowest BCUT2D eigenvalue weighted by molar-refractivity contribution is -0.303. The molecule has 4 aromatic rings. The van der Waals surface area contributed by atoms with E-state index in [9.17, 15) is 24.5 Å². The van der Waals surface area contributed by atoms with Crippen molar-refractivity contribution in [3.8, 4) is 0 Å². The number of aliphatic hydroxyl groups excluding tert-OH is 2. The Balaban J connectivity index is 1.19. The van der Waals surface area contributed by atoms with Crippen LogP contribution in [0, 0.1) is 0 Å². The van der Waals surface area contributed by atoms with Gasteiger partial charge < -0.3 is 44.2 Å². The van der Waals surface area contributed by atoms with E-state index >= 15 is 4.39 Å². The molecule has 2 bridgehead atoms. The van der Waals surface area contributed by atoms with E-state index in [-0.39, 0.29) is 34.6 Å². The normalized spacial score (nSPS) is 36.9. The zero-order valence-electron chi connectivity index (χ0n) is 22.1. The maximum atomic E-state index is 15.9. The molecule has 3 aliphatic rings. The summed E-state index contributed by atoms with van der Waals surface area (Å²) in [6.07, 6.45) is -6.19. The van der Waals surface area contributed by atoms with Gasteiger partial charge in [0.05, 0.1) is 31.6 Å². The van der Waals surface area contributed by atoms with E-state index in [1.165, 1.54) is 39.7 Å². The molecule has 10 atom stereocenters. The van der Waals surface area contributed by atoms with Gasteiger partial charge in [-0.3, -0.25) is 18.4 Å². The summed E-state index contributed by atoms with van der Waals surface area (Å²) in [6, 6.07) is -0.901. The first-order chi connectivity index (χ1) is 20.5. The summed E-state index contributed by atoms with van der Waals surface area (Å²) in [6.45, 7) is -2.55. The van der Waals surface area contributed by atoms with E-state index in [0.29, 0.717) is 0 Å². The Kier molecular flexibility index (Phi) is 6.80. The van der Waals surface area contributed by atoms with Crippen LogP contribution in [0.1, 0.15) is 18.7 Å². The quantitative estimate of drug-likeness (QED) is 0.188. The number of nitrogen functional groups attached to an aromatic ring is 1. The molecular weight excluding hydrogens is 600 g/mol. The van der Waals surface area contributed by atoms with Crippen molar-refractivity contribution in [2.75, 3.05) is 12.3 Å². The number of alkyl halides is 1. The van der Waals surface area contributed by atoms with Crippen LogP contribution in [0.4, 0.5) is 10.2 Å². The van der Waals surface area contributed by atoms with Crippen molar-refractivity contribution in [2.24, 2.45) is 7.05 Å². The molecule has 6 heterocycles. The van der Waals surface area contributed by atoms with Crippen LogP contribution in [-0.4, -0.2) is 104 Å². The monoisotopic (exact) mass is 625 g/mol. The lowest BCUT2D eigenvalue weighted by Crippen LogP contribution is -2.41. The van der Waals surface area contributed by atoms with Crippen molar-refractivity contribution in [3.63, 3.8) is 0 Å². The molecule has 0 aromatic carbocycles. The van der Waals surface area contributed by atoms with Crippen LogP contribution in [-0.2, 0) is 34.9 Å². The summed E-state index contributed by atoms with van der Waals surface area (Å²) in [4.78, 5) is 43.5. The zero-order chi connectivity index (χ0) is 30.2. The highest BCUT2D eigenvalue weighted by Crippen LogP contribution is 2.53. The minimum Gasteiger partial charge on any atom is -0.388 e. The number of halogens is 1. The van der Waals surface area contributed by atoms with Crippen LogP contribution in [0.5, 0.6) is 0 Å². The number of aryl methyl sites for hydroxylation is 1. The van der Waals surface area contributed by atoms with E-state index in [1.807, 2.05) is 0 Å².